The van der Waals surface area contributed by atoms with E-state index in [1.165, 1.54) is 23.9 Å². The Hall–Kier alpha value is -1.23. The largest absolute Gasteiger partial charge is 0.323 e. The molecular weight excluding hydrogens is 332 g/mol. The van der Waals surface area contributed by atoms with Crippen molar-refractivity contribution in [2.75, 3.05) is 5.32 Å². The molecule has 0 bridgehead atoms. The molecule has 2 aromatic carbocycles. The van der Waals surface area contributed by atoms with Crippen LogP contribution in [0, 0.1) is 5.82 Å². The predicted molar refractivity (Wildman–Crippen MR) is 86.8 cm³/mol. The molecule has 0 aliphatic heterocycles. The Labute approximate surface area is 136 Å². The summed E-state index contributed by atoms with van der Waals surface area (Å²) in [7, 11) is 0. The maximum Gasteiger partial charge on any atom is 0.237 e. The number of amides is 1. The number of carbonyl (C=O) groups excluding carboxylic acids is 1. The van der Waals surface area contributed by atoms with Gasteiger partial charge >= 0.3 is 0 Å². The van der Waals surface area contributed by atoms with Gasteiger partial charge in [-0.2, -0.15) is 0 Å². The molecule has 0 radical (unpaired) electrons. The molecule has 0 heterocycles. The molecule has 6 heteroatoms. The molecule has 0 aliphatic rings. The van der Waals surface area contributed by atoms with Crippen LogP contribution in [0.15, 0.2) is 47.4 Å². The van der Waals surface area contributed by atoms with E-state index >= 15 is 0 Å². The first-order valence-electron chi connectivity index (χ1n) is 6.14. The first-order valence-corrected chi connectivity index (χ1v) is 7.78. The number of hydrogen-bond donors (Lipinski definition) is 1. The minimum absolute atomic E-state index is 0.107. The van der Waals surface area contributed by atoms with E-state index in [1.807, 2.05) is 18.2 Å². The maximum atomic E-state index is 13.6. The van der Waals surface area contributed by atoms with Crippen LogP contribution in [0.25, 0.3) is 0 Å². The molecule has 1 N–H and O–H groups in total. The molecule has 2 nitrogen and oxygen atoms in total. The molecule has 0 aromatic heterocycles. The topological polar surface area (TPSA) is 29.1 Å². The molecule has 0 aliphatic carbocycles. The van der Waals surface area contributed by atoms with Crippen LogP contribution >= 0.6 is 35.0 Å². The summed E-state index contributed by atoms with van der Waals surface area (Å²) in [5.41, 5.74) is 0.107. The number of benzene rings is 2. The Morgan fingerprint density at radius 1 is 1.24 bits per heavy atom. The lowest BCUT2D eigenvalue weighted by Gasteiger charge is -2.13. The van der Waals surface area contributed by atoms with Gasteiger partial charge in [-0.3, -0.25) is 4.79 Å². The minimum atomic E-state index is -0.564. The SMILES string of the molecule is CC(Sc1ccccc1Cl)C(=O)Nc1ccc(Cl)cc1F. The van der Waals surface area contributed by atoms with Crippen molar-refractivity contribution in [3.63, 3.8) is 0 Å². The van der Waals surface area contributed by atoms with Crippen molar-refractivity contribution < 1.29 is 9.18 Å². The van der Waals surface area contributed by atoms with Gasteiger partial charge in [0, 0.05) is 9.92 Å². The zero-order valence-corrected chi connectivity index (χ0v) is 13.4. The first kappa shape index (κ1) is 16.1. The summed E-state index contributed by atoms with van der Waals surface area (Å²) >= 11 is 13.0. The van der Waals surface area contributed by atoms with E-state index in [-0.39, 0.29) is 16.6 Å². The number of rotatable bonds is 4. The normalized spacial score (nSPS) is 12.0. The lowest BCUT2D eigenvalue weighted by Crippen LogP contribution is -2.22. The van der Waals surface area contributed by atoms with E-state index < -0.39 is 11.1 Å². The van der Waals surface area contributed by atoms with Crippen LogP contribution in [0.4, 0.5) is 10.1 Å². The molecule has 0 fully saturated rings. The average Bonchev–Trinajstić information content (AvgIpc) is 2.44. The van der Waals surface area contributed by atoms with Crippen molar-refractivity contribution in [2.45, 2.75) is 17.1 Å². The molecule has 0 spiro atoms. The Morgan fingerprint density at radius 3 is 2.62 bits per heavy atom. The third kappa shape index (κ3) is 4.37. The highest BCUT2D eigenvalue weighted by Gasteiger charge is 2.17. The Kier molecular flexibility index (Phi) is 5.51. The number of nitrogens with one attached hydrogen (secondary N) is 1. The van der Waals surface area contributed by atoms with E-state index in [2.05, 4.69) is 5.32 Å². The lowest BCUT2D eigenvalue weighted by molar-refractivity contribution is -0.115. The second-order valence-electron chi connectivity index (χ2n) is 4.30. The predicted octanol–water partition coefficient (Wildman–Crippen LogP) is 5.25. The Balaban J connectivity index is 2.04. The molecule has 110 valence electrons. The molecule has 0 saturated heterocycles. The number of hydrogen-bond acceptors (Lipinski definition) is 2. The fourth-order valence-electron chi connectivity index (χ4n) is 1.61. The fraction of sp³-hybridized carbons (Fsp3) is 0.133. The van der Waals surface area contributed by atoms with Gasteiger partial charge in [-0.25, -0.2) is 4.39 Å². The zero-order valence-electron chi connectivity index (χ0n) is 11.1. The standard InChI is InChI=1S/C15H12Cl2FNOS/c1-9(21-14-5-3-2-4-11(14)17)15(20)19-13-7-6-10(16)8-12(13)18/h2-9H,1H3,(H,19,20). The molecular formula is C15H12Cl2FNOS. The van der Waals surface area contributed by atoms with Crippen molar-refractivity contribution in [3.05, 3.63) is 58.3 Å². The maximum absolute atomic E-state index is 13.6. The van der Waals surface area contributed by atoms with E-state index in [0.29, 0.717) is 5.02 Å². The second kappa shape index (κ2) is 7.16. The minimum Gasteiger partial charge on any atom is -0.323 e. The van der Waals surface area contributed by atoms with Crippen molar-refractivity contribution in [1.82, 2.24) is 0 Å². The summed E-state index contributed by atoms with van der Waals surface area (Å²) in [5.74, 6) is -0.869. The number of halogens is 3. The smallest absolute Gasteiger partial charge is 0.237 e. The van der Waals surface area contributed by atoms with Gasteiger partial charge in [0.1, 0.15) is 5.82 Å². The fourth-order valence-corrected chi connectivity index (χ4v) is 2.92. The Bertz CT molecular complexity index is 666. The number of anilines is 1. The average molecular weight is 344 g/mol. The van der Waals surface area contributed by atoms with Crippen molar-refractivity contribution in [3.8, 4) is 0 Å². The number of thioether (sulfide) groups is 1. The van der Waals surface area contributed by atoms with Gasteiger partial charge in [-0.05, 0) is 37.3 Å². The molecule has 2 aromatic rings. The second-order valence-corrected chi connectivity index (χ2v) is 6.53. The third-order valence-corrected chi connectivity index (χ3v) is 4.55. The quantitative estimate of drug-likeness (QED) is 0.768. The van der Waals surface area contributed by atoms with E-state index in [1.54, 1.807) is 13.0 Å². The van der Waals surface area contributed by atoms with Gasteiger partial charge in [0.05, 0.1) is 16.0 Å². The van der Waals surface area contributed by atoms with Crippen molar-refractivity contribution in [1.29, 1.82) is 0 Å². The highest BCUT2D eigenvalue weighted by molar-refractivity contribution is 8.00. The van der Waals surface area contributed by atoms with Crippen molar-refractivity contribution in [2.24, 2.45) is 0 Å². The van der Waals surface area contributed by atoms with Gasteiger partial charge in [-0.15, -0.1) is 11.8 Å². The summed E-state index contributed by atoms with van der Waals surface area (Å²) in [5, 5.41) is 2.99. The van der Waals surface area contributed by atoms with E-state index in [9.17, 15) is 9.18 Å². The van der Waals surface area contributed by atoms with Gasteiger partial charge < -0.3 is 5.32 Å². The summed E-state index contributed by atoms with van der Waals surface area (Å²) in [4.78, 5) is 12.9. The molecule has 0 saturated carbocycles. The molecule has 1 unspecified atom stereocenters. The summed E-state index contributed by atoms with van der Waals surface area (Å²) in [6.45, 7) is 1.73. The van der Waals surface area contributed by atoms with Crippen LogP contribution in [0.3, 0.4) is 0 Å². The Morgan fingerprint density at radius 2 is 1.95 bits per heavy atom. The van der Waals surface area contributed by atoms with Crippen LogP contribution < -0.4 is 5.32 Å². The van der Waals surface area contributed by atoms with Crippen LogP contribution in [0.5, 0.6) is 0 Å². The van der Waals surface area contributed by atoms with Crippen LogP contribution in [-0.4, -0.2) is 11.2 Å². The highest BCUT2D eigenvalue weighted by Crippen LogP contribution is 2.30. The molecule has 21 heavy (non-hydrogen) atoms. The lowest BCUT2D eigenvalue weighted by atomic mass is 10.3. The van der Waals surface area contributed by atoms with Crippen molar-refractivity contribution >= 4 is 46.6 Å². The van der Waals surface area contributed by atoms with E-state index in [0.717, 1.165) is 11.0 Å². The van der Waals surface area contributed by atoms with Crippen LogP contribution in [0.2, 0.25) is 10.0 Å². The molecule has 1 amide bonds. The summed E-state index contributed by atoms with van der Waals surface area (Å²) in [6.07, 6.45) is 0. The summed E-state index contributed by atoms with van der Waals surface area (Å²) in [6, 6.07) is 11.4. The van der Waals surface area contributed by atoms with Crippen LogP contribution in [0.1, 0.15) is 6.92 Å². The van der Waals surface area contributed by atoms with Gasteiger partial charge in [0.15, 0.2) is 0 Å². The van der Waals surface area contributed by atoms with E-state index in [4.69, 9.17) is 23.2 Å². The zero-order chi connectivity index (χ0) is 15.4. The number of carbonyl (C=O) groups is 1. The first-order chi connectivity index (χ1) is 9.97. The third-order valence-electron chi connectivity index (χ3n) is 2.70. The highest BCUT2D eigenvalue weighted by atomic mass is 35.5. The van der Waals surface area contributed by atoms with Gasteiger partial charge in [-0.1, -0.05) is 35.3 Å². The van der Waals surface area contributed by atoms with Crippen LogP contribution in [-0.2, 0) is 4.79 Å². The van der Waals surface area contributed by atoms with Gasteiger partial charge in [0.25, 0.3) is 0 Å². The monoisotopic (exact) mass is 343 g/mol. The molecule has 2 rings (SSSR count). The van der Waals surface area contributed by atoms with Gasteiger partial charge in [0.2, 0.25) is 5.91 Å². The summed E-state index contributed by atoms with van der Waals surface area (Å²) < 4.78 is 13.6. The molecule has 1 atom stereocenters.